The number of aromatic nitrogens is 1. The van der Waals surface area contributed by atoms with Gasteiger partial charge in [-0.3, -0.25) is 9.00 Å². The standard InChI is InChI=1S/C20H12F6N2O2S2/c1-2-32(30)12-6-10(5-11(7-12)19(21,22)23)16-3-4-17(31-16)15-8-14(20(24,25)26)13(9-27)18(29)28-15/h3-8H,2H2,1H3,(H,28,29). The third-order valence-corrected chi connectivity index (χ3v) is 6.82. The number of H-pyrrole nitrogens is 1. The van der Waals surface area contributed by atoms with E-state index in [4.69, 9.17) is 5.26 Å². The van der Waals surface area contributed by atoms with Crippen molar-refractivity contribution in [2.24, 2.45) is 0 Å². The number of hydrogen-bond acceptors (Lipinski definition) is 4. The zero-order valence-corrected chi connectivity index (χ0v) is 17.7. The van der Waals surface area contributed by atoms with Gasteiger partial charge in [0.15, 0.2) is 0 Å². The van der Waals surface area contributed by atoms with Gasteiger partial charge in [-0.1, -0.05) is 6.92 Å². The molecule has 1 N–H and O–H groups in total. The van der Waals surface area contributed by atoms with Gasteiger partial charge in [0, 0.05) is 15.5 Å². The SMILES string of the molecule is CCS(=O)c1cc(-c2ccc(-c3cc(C(F)(F)F)c(C#N)c(=O)[nH]3)s2)cc(C(F)(F)F)c1. The Kier molecular flexibility index (Phi) is 6.35. The molecule has 3 aromatic rings. The highest BCUT2D eigenvalue weighted by atomic mass is 32.2. The summed E-state index contributed by atoms with van der Waals surface area (Å²) in [7, 11) is -1.67. The first-order valence-corrected chi connectivity index (χ1v) is 10.9. The second-order valence-corrected chi connectivity index (χ2v) is 9.28. The lowest BCUT2D eigenvalue weighted by Gasteiger charge is -2.11. The summed E-state index contributed by atoms with van der Waals surface area (Å²) < 4.78 is 91.8. The van der Waals surface area contributed by atoms with Crippen molar-refractivity contribution in [3.63, 3.8) is 0 Å². The van der Waals surface area contributed by atoms with E-state index in [0.717, 1.165) is 23.5 Å². The third kappa shape index (κ3) is 4.78. The largest absolute Gasteiger partial charge is 0.417 e. The fourth-order valence-electron chi connectivity index (χ4n) is 2.87. The summed E-state index contributed by atoms with van der Waals surface area (Å²) in [6.07, 6.45) is -9.64. The highest BCUT2D eigenvalue weighted by Gasteiger charge is 2.36. The number of aromatic amines is 1. The Morgan fingerprint density at radius 1 is 1.03 bits per heavy atom. The van der Waals surface area contributed by atoms with Gasteiger partial charge in [-0.25, -0.2) is 0 Å². The smallest absolute Gasteiger partial charge is 0.320 e. The van der Waals surface area contributed by atoms with Crippen LogP contribution in [0, 0.1) is 11.3 Å². The van der Waals surface area contributed by atoms with E-state index in [2.05, 4.69) is 4.98 Å². The number of benzene rings is 1. The van der Waals surface area contributed by atoms with E-state index < -0.39 is 45.4 Å². The van der Waals surface area contributed by atoms with E-state index in [1.54, 1.807) is 6.92 Å². The summed E-state index contributed by atoms with van der Waals surface area (Å²) in [5.41, 5.74) is -4.88. The summed E-state index contributed by atoms with van der Waals surface area (Å²) in [6, 6.07) is 7.55. The van der Waals surface area contributed by atoms with Crippen molar-refractivity contribution in [1.29, 1.82) is 5.26 Å². The molecule has 0 saturated carbocycles. The molecule has 0 spiro atoms. The van der Waals surface area contributed by atoms with E-state index in [9.17, 15) is 35.3 Å². The highest BCUT2D eigenvalue weighted by Crippen LogP contribution is 2.39. The van der Waals surface area contributed by atoms with Gasteiger partial charge in [0.1, 0.15) is 11.6 Å². The lowest BCUT2D eigenvalue weighted by molar-refractivity contribution is -0.138. The first-order chi connectivity index (χ1) is 14.8. The van der Waals surface area contributed by atoms with E-state index in [-0.39, 0.29) is 31.7 Å². The van der Waals surface area contributed by atoms with Crippen LogP contribution in [0.3, 0.4) is 0 Å². The minimum absolute atomic E-state index is 0.0292. The van der Waals surface area contributed by atoms with E-state index in [1.165, 1.54) is 24.3 Å². The van der Waals surface area contributed by atoms with Crippen LogP contribution < -0.4 is 5.56 Å². The first-order valence-electron chi connectivity index (χ1n) is 8.81. The lowest BCUT2D eigenvalue weighted by atomic mass is 10.1. The predicted octanol–water partition coefficient (Wildman–Crippen LogP) is 5.81. The molecule has 1 unspecified atom stereocenters. The fourth-order valence-corrected chi connectivity index (χ4v) is 4.68. The number of nitrogens with zero attached hydrogens (tertiary/aromatic N) is 1. The molecule has 1 aromatic carbocycles. The van der Waals surface area contributed by atoms with Gasteiger partial charge in [0.2, 0.25) is 0 Å². The second-order valence-electron chi connectivity index (χ2n) is 6.45. The molecule has 0 bridgehead atoms. The van der Waals surface area contributed by atoms with Crippen molar-refractivity contribution in [1.82, 2.24) is 4.98 Å². The third-order valence-electron chi connectivity index (χ3n) is 4.37. The quantitative estimate of drug-likeness (QED) is 0.470. The lowest BCUT2D eigenvalue weighted by Crippen LogP contribution is -2.19. The van der Waals surface area contributed by atoms with Crippen molar-refractivity contribution in [2.45, 2.75) is 24.2 Å². The Morgan fingerprint density at radius 3 is 2.25 bits per heavy atom. The van der Waals surface area contributed by atoms with Crippen LogP contribution in [0.1, 0.15) is 23.6 Å². The highest BCUT2D eigenvalue weighted by molar-refractivity contribution is 7.85. The molecule has 12 heteroatoms. The van der Waals surface area contributed by atoms with Gasteiger partial charge < -0.3 is 4.98 Å². The molecule has 0 fully saturated rings. The van der Waals surface area contributed by atoms with E-state index >= 15 is 0 Å². The molecule has 2 heterocycles. The molecular weight excluding hydrogens is 478 g/mol. The molecule has 0 aliphatic carbocycles. The van der Waals surface area contributed by atoms with Crippen LogP contribution in [0.5, 0.6) is 0 Å². The maximum atomic E-state index is 13.3. The Labute approximate surface area is 183 Å². The van der Waals surface area contributed by atoms with Gasteiger partial charge in [0.05, 0.1) is 32.5 Å². The summed E-state index contributed by atoms with van der Waals surface area (Å²) in [5, 5.41) is 8.88. The minimum atomic E-state index is -4.95. The van der Waals surface area contributed by atoms with Crippen molar-refractivity contribution in [3.8, 4) is 27.1 Å². The number of halogens is 6. The predicted molar refractivity (Wildman–Crippen MR) is 107 cm³/mol. The molecule has 1 atom stereocenters. The molecule has 168 valence electrons. The Morgan fingerprint density at radius 2 is 1.69 bits per heavy atom. The normalized spacial score (nSPS) is 13.1. The average molecular weight is 490 g/mol. The van der Waals surface area contributed by atoms with Gasteiger partial charge in [-0.2, -0.15) is 31.6 Å². The van der Waals surface area contributed by atoms with Crippen LogP contribution in [0.15, 0.2) is 46.1 Å². The van der Waals surface area contributed by atoms with Crippen molar-refractivity contribution >= 4 is 22.1 Å². The van der Waals surface area contributed by atoms with Crippen LogP contribution in [0.25, 0.3) is 21.0 Å². The fraction of sp³-hybridized carbons (Fsp3) is 0.200. The Bertz CT molecular complexity index is 1300. The van der Waals surface area contributed by atoms with Crippen molar-refractivity contribution in [3.05, 3.63) is 63.4 Å². The molecule has 32 heavy (non-hydrogen) atoms. The second kappa shape index (κ2) is 8.55. The Hall–Kier alpha value is -2.91. The maximum Gasteiger partial charge on any atom is 0.417 e. The van der Waals surface area contributed by atoms with Gasteiger partial charge in [-0.05, 0) is 42.0 Å². The van der Waals surface area contributed by atoms with Crippen LogP contribution in [0.4, 0.5) is 26.3 Å². The van der Waals surface area contributed by atoms with Gasteiger partial charge in [-0.15, -0.1) is 11.3 Å². The van der Waals surface area contributed by atoms with E-state index in [1.807, 2.05) is 0 Å². The summed E-state index contributed by atoms with van der Waals surface area (Å²) in [5.74, 6) is 0.100. The van der Waals surface area contributed by atoms with Crippen LogP contribution >= 0.6 is 11.3 Å². The number of alkyl halides is 6. The zero-order valence-electron chi connectivity index (χ0n) is 16.0. The minimum Gasteiger partial charge on any atom is -0.320 e. The summed E-state index contributed by atoms with van der Waals surface area (Å²) in [4.78, 5) is 14.5. The first kappa shape index (κ1) is 23.7. The molecule has 0 radical (unpaired) electrons. The van der Waals surface area contributed by atoms with Crippen LogP contribution in [0.2, 0.25) is 0 Å². The monoisotopic (exact) mass is 490 g/mol. The molecule has 4 nitrogen and oxygen atoms in total. The maximum absolute atomic E-state index is 13.3. The van der Waals surface area contributed by atoms with Crippen LogP contribution in [-0.4, -0.2) is 14.9 Å². The number of nitrogens with one attached hydrogen (secondary N) is 1. The molecule has 3 rings (SSSR count). The molecule has 0 amide bonds. The molecule has 2 aromatic heterocycles. The number of nitriles is 1. The van der Waals surface area contributed by atoms with Crippen LogP contribution in [-0.2, 0) is 23.2 Å². The molecule has 0 aliphatic rings. The summed E-state index contributed by atoms with van der Waals surface area (Å²) >= 11 is 0.841. The molecule has 0 saturated heterocycles. The Balaban J connectivity index is 2.14. The van der Waals surface area contributed by atoms with Gasteiger partial charge >= 0.3 is 12.4 Å². The number of pyridine rings is 1. The number of thiophene rings is 1. The van der Waals surface area contributed by atoms with Crippen molar-refractivity contribution < 1.29 is 30.6 Å². The topological polar surface area (TPSA) is 73.7 Å². The van der Waals surface area contributed by atoms with Crippen molar-refractivity contribution in [2.75, 3.05) is 5.75 Å². The van der Waals surface area contributed by atoms with Gasteiger partial charge in [0.25, 0.3) is 5.56 Å². The number of rotatable bonds is 4. The summed E-state index contributed by atoms with van der Waals surface area (Å²) in [6.45, 7) is 1.55. The zero-order chi connectivity index (χ0) is 23.8. The average Bonchev–Trinajstić information content (AvgIpc) is 3.21. The molecule has 0 aliphatic heterocycles. The van der Waals surface area contributed by atoms with E-state index in [0.29, 0.717) is 6.07 Å². The molecular formula is C20H12F6N2O2S2. The number of hydrogen-bond donors (Lipinski definition) is 1.